The number of nitro benzene ring substituents is 1. The van der Waals surface area contributed by atoms with Crippen LogP contribution < -0.4 is 0 Å². The van der Waals surface area contributed by atoms with Gasteiger partial charge in [-0.3, -0.25) is 19.1 Å². The zero-order valence-corrected chi connectivity index (χ0v) is 9.69. The molecule has 0 radical (unpaired) electrons. The van der Waals surface area contributed by atoms with Gasteiger partial charge in [0, 0.05) is 17.0 Å². The predicted octanol–water partition coefficient (Wildman–Crippen LogP) is 1.68. The first-order valence-corrected chi connectivity index (χ1v) is 5.80. The number of Topliss-reactive ketones (excluding diaryl/α,β-unsaturated/α-hetero) is 1. The van der Waals surface area contributed by atoms with E-state index in [1.807, 2.05) is 0 Å². The quantitative estimate of drug-likeness (QED) is 0.593. The van der Waals surface area contributed by atoms with Crippen LogP contribution in [-0.4, -0.2) is 20.2 Å². The highest BCUT2D eigenvalue weighted by molar-refractivity contribution is 7.86. The Morgan fingerprint density at radius 2 is 1.88 bits per heavy atom. The van der Waals surface area contributed by atoms with Crippen LogP contribution in [0.25, 0.3) is 0 Å². The van der Waals surface area contributed by atoms with Crippen LogP contribution in [0.15, 0.2) is 29.2 Å². The largest absolute Gasteiger partial charge is 0.299 e. The van der Waals surface area contributed by atoms with Crippen LogP contribution in [0, 0.1) is 10.1 Å². The molecule has 0 amide bonds. The molecular weight excluding hydrogens is 230 g/mol. The van der Waals surface area contributed by atoms with Crippen molar-refractivity contribution >= 4 is 22.3 Å². The summed E-state index contributed by atoms with van der Waals surface area (Å²) in [5.41, 5.74) is -0.0590. The van der Waals surface area contributed by atoms with E-state index in [1.54, 1.807) is 6.92 Å². The minimum absolute atomic E-state index is 0.0590. The fourth-order valence-corrected chi connectivity index (χ4v) is 2.17. The van der Waals surface area contributed by atoms with Crippen LogP contribution in [-0.2, 0) is 15.6 Å². The molecule has 0 fully saturated rings. The van der Waals surface area contributed by atoms with E-state index in [0.29, 0.717) is 4.90 Å². The highest BCUT2D eigenvalue weighted by Crippen LogP contribution is 2.17. The summed E-state index contributed by atoms with van der Waals surface area (Å²) < 4.78 is 11.8. The summed E-state index contributed by atoms with van der Waals surface area (Å²) in [6, 6.07) is 5.38. The molecule has 1 rings (SSSR count). The second-order valence-corrected chi connectivity index (χ2v) is 5.07. The van der Waals surface area contributed by atoms with Gasteiger partial charge in [0.05, 0.1) is 21.0 Å². The molecule has 0 saturated carbocycles. The van der Waals surface area contributed by atoms with Gasteiger partial charge in [-0.15, -0.1) is 0 Å². The Labute approximate surface area is 95.1 Å². The van der Waals surface area contributed by atoms with Crippen molar-refractivity contribution in [1.29, 1.82) is 0 Å². The molecule has 86 valence electrons. The molecule has 2 unspecified atom stereocenters. The second kappa shape index (κ2) is 4.98. The Kier molecular flexibility index (Phi) is 3.89. The number of hydrogen-bond donors (Lipinski definition) is 0. The van der Waals surface area contributed by atoms with E-state index >= 15 is 0 Å². The summed E-state index contributed by atoms with van der Waals surface area (Å²) in [4.78, 5) is 21.3. The smallest absolute Gasteiger partial charge is 0.269 e. The molecule has 0 bridgehead atoms. The van der Waals surface area contributed by atoms with Crippen molar-refractivity contribution in [2.45, 2.75) is 24.0 Å². The Morgan fingerprint density at radius 1 is 1.38 bits per heavy atom. The molecule has 0 aromatic heterocycles. The van der Waals surface area contributed by atoms with Gasteiger partial charge in [0.25, 0.3) is 5.69 Å². The lowest BCUT2D eigenvalue weighted by Gasteiger charge is -2.07. The highest BCUT2D eigenvalue weighted by atomic mass is 32.2. The van der Waals surface area contributed by atoms with Gasteiger partial charge < -0.3 is 0 Å². The lowest BCUT2D eigenvalue weighted by molar-refractivity contribution is -0.384. The van der Waals surface area contributed by atoms with Crippen molar-refractivity contribution in [3.05, 3.63) is 34.4 Å². The molecule has 1 aromatic carbocycles. The summed E-state index contributed by atoms with van der Waals surface area (Å²) in [6.07, 6.45) is 0. The number of nitro groups is 1. The van der Waals surface area contributed by atoms with E-state index in [9.17, 15) is 19.1 Å². The zero-order valence-electron chi connectivity index (χ0n) is 8.88. The van der Waals surface area contributed by atoms with Crippen LogP contribution in [0.1, 0.15) is 13.8 Å². The molecule has 0 saturated heterocycles. The first kappa shape index (κ1) is 12.5. The first-order chi connectivity index (χ1) is 7.43. The average Bonchev–Trinajstić information content (AvgIpc) is 2.27. The molecule has 0 heterocycles. The van der Waals surface area contributed by atoms with Gasteiger partial charge in [0.15, 0.2) is 0 Å². The van der Waals surface area contributed by atoms with E-state index in [1.165, 1.54) is 31.2 Å². The van der Waals surface area contributed by atoms with Gasteiger partial charge in [-0.25, -0.2) is 0 Å². The lowest BCUT2D eigenvalue weighted by Crippen LogP contribution is -2.19. The van der Waals surface area contributed by atoms with E-state index < -0.39 is 21.0 Å². The maximum atomic E-state index is 11.8. The summed E-state index contributed by atoms with van der Waals surface area (Å²) >= 11 is 0. The molecule has 0 N–H and O–H groups in total. The summed E-state index contributed by atoms with van der Waals surface area (Å²) in [6.45, 7) is 2.94. The van der Waals surface area contributed by atoms with Crippen LogP contribution in [0.2, 0.25) is 0 Å². The Morgan fingerprint density at radius 3 is 2.25 bits per heavy atom. The standard InChI is InChI=1S/C10H11NO4S/c1-7(12)8(2)16(15)10-5-3-9(4-6-10)11(13)14/h3-6,8H,1-2H3. The predicted molar refractivity (Wildman–Crippen MR) is 59.6 cm³/mol. The number of nitrogens with zero attached hydrogens (tertiary/aromatic N) is 1. The SMILES string of the molecule is CC(=O)C(C)S(=O)c1ccc([N+](=O)[O-])cc1. The van der Waals surface area contributed by atoms with E-state index in [0.717, 1.165) is 0 Å². The molecule has 2 atom stereocenters. The van der Waals surface area contributed by atoms with Gasteiger partial charge in [0.1, 0.15) is 5.78 Å². The number of hydrogen-bond acceptors (Lipinski definition) is 4. The highest BCUT2D eigenvalue weighted by Gasteiger charge is 2.18. The van der Waals surface area contributed by atoms with Gasteiger partial charge in [0.2, 0.25) is 0 Å². The lowest BCUT2D eigenvalue weighted by atomic mass is 10.3. The van der Waals surface area contributed by atoms with Gasteiger partial charge in [-0.05, 0) is 26.0 Å². The number of ketones is 1. The van der Waals surface area contributed by atoms with Gasteiger partial charge in [-0.2, -0.15) is 0 Å². The summed E-state index contributed by atoms with van der Waals surface area (Å²) in [7, 11) is -1.45. The fourth-order valence-electron chi connectivity index (χ4n) is 1.06. The Bertz CT molecular complexity index is 441. The van der Waals surface area contributed by atoms with Crippen LogP contribution in [0.5, 0.6) is 0 Å². The summed E-state index contributed by atoms with van der Waals surface area (Å²) in [5.74, 6) is -0.170. The van der Waals surface area contributed by atoms with Crippen molar-refractivity contribution in [3.63, 3.8) is 0 Å². The van der Waals surface area contributed by atoms with Crippen molar-refractivity contribution < 1.29 is 13.9 Å². The molecular formula is C10H11NO4S. The minimum atomic E-state index is -1.45. The molecule has 0 aliphatic rings. The molecule has 0 aliphatic heterocycles. The second-order valence-electron chi connectivity index (χ2n) is 3.30. The van der Waals surface area contributed by atoms with Crippen molar-refractivity contribution in [2.24, 2.45) is 0 Å². The van der Waals surface area contributed by atoms with Gasteiger partial charge in [-0.1, -0.05) is 0 Å². The Balaban J connectivity index is 2.94. The van der Waals surface area contributed by atoms with Crippen LogP contribution >= 0.6 is 0 Å². The zero-order chi connectivity index (χ0) is 12.3. The van der Waals surface area contributed by atoms with Crippen molar-refractivity contribution in [1.82, 2.24) is 0 Å². The number of non-ortho nitro benzene ring substituents is 1. The number of benzene rings is 1. The molecule has 16 heavy (non-hydrogen) atoms. The third-order valence-electron chi connectivity index (χ3n) is 2.17. The molecule has 0 aliphatic carbocycles. The third kappa shape index (κ3) is 2.73. The van der Waals surface area contributed by atoms with E-state index in [2.05, 4.69) is 0 Å². The van der Waals surface area contributed by atoms with Crippen molar-refractivity contribution in [3.8, 4) is 0 Å². The van der Waals surface area contributed by atoms with Crippen LogP contribution in [0.3, 0.4) is 0 Å². The Hall–Kier alpha value is -1.56. The maximum absolute atomic E-state index is 11.8. The van der Waals surface area contributed by atoms with E-state index in [4.69, 9.17) is 0 Å². The first-order valence-electron chi connectivity index (χ1n) is 4.59. The average molecular weight is 241 g/mol. The fraction of sp³-hybridized carbons (Fsp3) is 0.300. The molecule has 1 aromatic rings. The van der Waals surface area contributed by atoms with Gasteiger partial charge >= 0.3 is 0 Å². The topological polar surface area (TPSA) is 77.3 Å². The normalized spacial score (nSPS) is 14.1. The molecule has 0 spiro atoms. The van der Waals surface area contributed by atoms with E-state index in [-0.39, 0.29) is 11.5 Å². The van der Waals surface area contributed by atoms with Crippen molar-refractivity contribution in [2.75, 3.05) is 0 Å². The third-order valence-corrected chi connectivity index (χ3v) is 3.88. The minimum Gasteiger partial charge on any atom is -0.299 e. The maximum Gasteiger partial charge on any atom is 0.269 e. The monoisotopic (exact) mass is 241 g/mol. The number of carbonyl (C=O) groups is 1. The summed E-state index contributed by atoms with van der Waals surface area (Å²) in [5, 5.41) is 9.80. The molecule has 6 heteroatoms. The number of rotatable bonds is 4. The molecule has 5 nitrogen and oxygen atoms in total. The van der Waals surface area contributed by atoms with Crippen LogP contribution in [0.4, 0.5) is 5.69 Å². The number of carbonyl (C=O) groups excluding carboxylic acids is 1.